The van der Waals surface area contributed by atoms with E-state index in [1.54, 1.807) is 18.9 Å². The molecule has 1 aromatic carbocycles. The van der Waals surface area contributed by atoms with Gasteiger partial charge in [0.25, 0.3) is 0 Å². The molecule has 1 amide bonds. The monoisotopic (exact) mass is 253 g/mol. The van der Waals surface area contributed by atoms with Gasteiger partial charge in [-0.05, 0) is 24.5 Å². The highest BCUT2D eigenvalue weighted by molar-refractivity contribution is 7.98. The minimum absolute atomic E-state index is 0.102. The highest BCUT2D eigenvalue weighted by Crippen LogP contribution is 2.16. The third kappa shape index (κ3) is 5.13. The summed E-state index contributed by atoms with van der Waals surface area (Å²) >= 11 is 1.76. The molecule has 3 nitrogen and oxygen atoms in total. The molecule has 0 aromatic heterocycles. The number of methoxy groups -OCH3 is 1. The van der Waals surface area contributed by atoms with Crippen LogP contribution in [0.1, 0.15) is 18.4 Å². The van der Waals surface area contributed by atoms with Crippen LogP contribution in [-0.4, -0.2) is 25.0 Å². The zero-order valence-electron chi connectivity index (χ0n) is 10.4. The molecule has 0 heterocycles. The van der Waals surface area contributed by atoms with E-state index >= 15 is 0 Å². The van der Waals surface area contributed by atoms with Crippen molar-refractivity contribution in [2.45, 2.75) is 19.4 Å². The summed E-state index contributed by atoms with van der Waals surface area (Å²) in [6.07, 6.45) is 3.57. The molecule has 94 valence electrons. The van der Waals surface area contributed by atoms with Crippen LogP contribution < -0.4 is 10.1 Å². The lowest BCUT2D eigenvalue weighted by atomic mass is 10.2. The van der Waals surface area contributed by atoms with Crippen LogP contribution in [0.15, 0.2) is 24.3 Å². The van der Waals surface area contributed by atoms with Crippen molar-refractivity contribution in [1.82, 2.24) is 5.32 Å². The first-order chi connectivity index (χ1) is 8.27. The normalized spacial score (nSPS) is 10.0. The Hall–Kier alpha value is -1.16. The average molecular weight is 253 g/mol. The number of carbonyl (C=O) groups excluding carboxylic acids is 1. The van der Waals surface area contributed by atoms with Crippen LogP contribution in [-0.2, 0) is 11.3 Å². The molecule has 1 N–H and O–H groups in total. The number of carbonyl (C=O) groups is 1. The van der Waals surface area contributed by atoms with Gasteiger partial charge in [0.15, 0.2) is 0 Å². The Labute approximate surface area is 107 Å². The Balaban J connectivity index is 2.36. The minimum Gasteiger partial charge on any atom is -0.496 e. The van der Waals surface area contributed by atoms with Gasteiger partial charge in [-0.15, -0.1) is 0 Å². The second-order valence-electron chi connectivity index (χ2n) is 3.68. The van der Waals surface area contributed by atoms with Gasteiger partial charge >= 0.3 is 0 Å². The maximum atomic E-state index is 11.5. The number of rotatable bonds is 7. The van der Waals surface area contributed by atoms with Crippen molar-refractivity contribution in [2.75, 3.05) is 19.1 Å². The van der Waals surface area contributed by atoms with Gasteiger partial charge in [0.1, 0.15) is 5.75 Å². The highest BCUT2D eigenvalue weighted by atomic mass is 32.2. The molecule has 1 aromatic rings. The molecule has 0 spiro atoms. The highest BCUT2D eigenvalue weighted by Gasteiger charge is 2.04. The van der Waals surface area contributed by atoms with E-state index < -0.39 is 0 Å². The fourth-order valence-corrected chi connectivity index (χ4v) is 1.94. The van der Waals surface area contributed by atoms with Crippen molar-refractivity contribution in [3.8, 4) is 5.75 Å². The lowest BCUT2D eigenvalue weighted by Gasteiger charge is -2.09. The van der Waals surface area contributed by atoms with Crippen LogP contribution in [0.5, 0.6) is 5.75 Å². The van der Waals surface area contributed by atoms with Gasteiger partial charge < -0.3 is 10.1 Å². The van der Waals surface area contributed by atoms with Gasteiger partial charge in [0.05, 0.1) is 7.11 Å². The molecule has 0 atom stereocenters. The van der Waals surface area contributed by atoms with Crippen LogP contribution in [0.4, 0.5) is 0 Å². The Morgan fingerprint density at radius 1 is 1.41 bits per heavy atom. The molecular formula is C13H19NO2S. The third-order valence-electron chi connectivity index (χ3n) is 2.42. The fourth-order valence-electron chi connectivity index (χ4n) is 1.51. The zero-order chi connectivity index (χ0) is 12.5. The summed E-state index contributed by atoms with van der Waals surface area (Å²) in [4.78, 5) is 11.5. The maximum absolute atomic E-state index is 11.5. The fraction of sp³-hybridized carbons (Fsp3) is 0.462. The maximum Gasteiger partial charge on any atom is 0.220 e. The Morgan fingerprint density at radius 2 is 2.18 bits per heavy atom. The zero-order valence-corrected chi connectivity index (χ0v) is 11.2. The molecule has 0 saturated carbocycles. The number of ether oxygens (including phenoxy) is 1. The molecule has 0 bridgehead atoms. The van der Waals surface area contributed by atoms with Crippen LogP contribution in [0.2, 0.25) is 0 Å². The molecule has 17 heavy (non-hydrogen) atoms. The van der Waals surface area contributed by atoms with Crippen molar-refractivity contribution in [2.24, 2.45) is 0 Å². The first-order valence-corrected chi connectivity index (χ1v) is 7.05. The van der Waals surface area contributed by atoms with E-state index in [1.165, 1.54) is 0 Å². The van der Waals surface area contributed by atoms with E-state index in [4.69, 9.17) is 4.74 Å². The summed E-state index contributed by atoms with van der Waals surface area (Å²) in [5.74, 6) is 1.95. The minimum atomic E-state index is 0.102. The van der Waals surface area contributed by atoms with Gasteiger partial charge in [-0.2, -0.15) is 11.8 Å². The molecule has 0 aliphatic carbocycles. The quantitative estimate of drug-likeness (QED) is 0.759. The van der Waals surface area contributed by atoms with Crippen LogP contribution >= 0.6 is 11.8 Å². The van der Waals surface area contributed by atoms with Crippen LogP contribution in [0.25, 0.3) is 0 Å². The number of hydrogen-bond donors (Lipinski definition) is 1. The van der Waals surface area contributed by atoms with Gasteiger partial charge in [-0.25, -0.2) is 0 Å². The predicted octanol–water partition coefficient (Wildman–Crippen LogP) is 2.45. The van der Waals surface area contributed by atoms with Crippen LogP contribution in [0, 0.1) is 0 Å². The summed E-state index contributed by atoms with van der Waals surface area (Å²) in [6.45, 7) is 0.530. The first kappa shape index (κ1) is 13.9. The summed E-state index contributed by atoms with van der Waals surface area (Å²) in [6, 6.07) is 7.72. The number of nitrogens with one attached hydrogen (secondary N) is 1. The van der Waals surface area contributed by atoms with E-state index in [0.717, 1.165) is 23.5 Å². The number of amides is 1. The number of benzene rings is 1. The molecule has 4 heteroatoms. The van der Waals surface area contributed by atoms with Gasteiger partial charge in [0.2, 0.25) is 5.91 Å². The predicted molar refractivity (Wildman–Crippen MR) is 72.5 cm³/mol. The van der Waals surface area contributed by atoms with Crippen molar-refractivity contribution in [3.63, 3.8) is 0 Å². The molecule has 0 radical (unpaired) electrons. The van der Waals surface area contributed by atoms with E-state index in [-0.39, 0.29) is 5.91 Å². The van der Waals surface area contributed by atoms with Crippen LogP contribution in [0.3, 0.4) is 0 Å². The van der Waals surface area contributed by atoms with Crippen molar-refractivity contribution in [1.29, 1.82) is 0 Å². The summed E-state index contributed by atoms with van der Waals surface area (Å²) in [7, 11) is 1.64. The number of thioether (sulfide) groups is 1. The first-order valence-electron chi connectivity index (χ1n) is 5.65. The second-order valence-corrected chi connectivity index (χ2v) is 4.67. The molecular weight excluding hydrogens is 234 g/mol. The topological polar surface area (TPSA) is 38.3 Å². The summed E-state index contributed by atoms with van der Waals surface area (Å²) in [5, 5.41) is 2.90. The lowest BCUT2D eigenvalue weighted by molar-refractivity contribution is -0.121. The average Bonchev–Trinajstić information content (AvgIpc) is 2.37. The molecule has 0 fully saturated rings. The van der Waals surface area contributed by atoms with E-state index in [2.05, 4.69) is 5.32 Å². The van der Waals surface area contributed by atoms with Gasteiger partial charge in [0, 0.05) is 18.5 Å². The van der Waals surface area contributed by atoms with E-state index in [9.17, 15) is 4.79 Å². The molecule has 0 unspecified atom stereocenters. The Morgan fingerprint density at radius 3 is 2.88 bits per heavy atom. The molecule has 0 saturated heterocycles. The largest absolute Gasteiger partial charge is 0.496 e. The van der Waals surface area contributed by atoms with Gasteiger partial charge in [-0.1, -0.05) is 18.2 Å². The van der Waals surface area contributed by atoms with Crippen molar-refractivity contribution >= 4 is 17.7 Å². The molecule has 0 aliphatic rings. The Kier molecular flexibility index (Phi) is 6.55. The van der Waals surface area contributed by atoms with Crippen molar-refractivity contribution < 1.29 is 9.53 Å². The number of para-hydroxylation sites is 1. The SMILES string of the molecule is COc1ccccc1CNC(=O)CCCSC. The standard InChI is InChI=1S/C13H19NO2S/c1-16-12-7-4-3-6-11(12)10-14-13(15)8-5-9-17-2/h3-4,6-7H,5,8-10H2,1-2H3,(H,14,15). The Bertz CT molecular complexity index is 355. The number of hydrogen-bond acceptors (Lipinski definition) is 3. The molecule has 0 aliphatic heterocycles. The third-order valence-corrected chi connectivity index (χ3v) is 3.12. The molecule has 1 rings (SSSR count). The lowest BCUT2D eigenvalue weighted by Crippen LogP contribution is -2.22. The van der Waals surface area contributed by atoms with E-state index in [1.807, 2.05) is 30.5 Å². The van der Waals surface area contributed by atoms with Crippen molar-refractivity contribution in [3.05, 3.63) is 29.8 Å². The van der Waals surface area contributed by atoms with E-state index in [0.29, 0.717) is 13.0 Å². The summed E-state index contributed by atoms with van der Waals surface area (Å²) < 4.78 is 5.22. The summed E-state index contributed by atoms with van der Waals surface area (Å²) in [5.41, 5.74) is 1.01. The second kappa shape index (κ2) is 8.01. The smallest absolute Gasteiger partial charge is 0.220 e. The van der Waals surface area contributed by atoms with Gasteiger partial charge in [-0.3, -0.25) is 4.79 Å².